The molecule has 1 aromatic carbocycles. The van der Waals surface area contributed by atoms with E-state index in [4.69, 9.17) is 13.7 Å². The van der Waals surface area contributed by atoms with Gasteiger partial charge < -0.3 is 10.4 Å². The maximum atomic E-state index is 10.4. The molecule has 0 bridgehead atoms. The molecule has 0 aliphatic rings. The maximum absolute atomic E-state index is 10.4. The van der Waals surface area contributed by atoms with Crippen LogP contribution >= 0.6 is 11.3 Å². The first-order chi connectivity index (χ1) is 20.0. The minimum Gasteiger partial charge on any atom is -0.855 e. The Kier molecular flexibility index (Phi) is 5.91. The first kappa shape index (κ1) is 15.6. The summed E-state index contributed by atoms with van der Waals surface area (Å²) in [5.74, 6) is 0. The Morgan fingerprint density at radius 3 is 2.82 bits per heavy atom. The molecule has 0 radical (unpaired) electrons. The second kappa shape index (κ2) is 12.9. The molecule has 3 nitrogen and oxygen atoms in total. The zero-order chi connectivity index (χ0) is 32.3. The van der Waals surface area contributed by atoms with E-state index in [-0.39, 0.29) is 72.5 Å². The van der Waals surface area contributed by atoms with Gasteiger partial charge in [-0.1, -0.05) is 42.2 Å². The number of aromatic nitrogens is 2. The molecule has 0 aliphatic heterocycles. The van der Waals surface area contributed by atoms with Gasteiger partial charge in [-0.25, -0.2) is 10.7 Å². The number of fused-ring (bicyclic) bond motifs is 3. The van der Waals surface area contributed by atoms with Gasteiger partial charge in [0.25, 0.3) is 0 Å². The van der Waals surface area contributed by atoms with E-state index in [2.05, 4.69) is 41.8 Å². The number of allylic oxidation sites excluding steroid dienone is 7. The Morgan fingerprint density at radius 1 is 1.24 bits per heavy atom. The van der Waals surface area contributed by atoms with Crippen LogP contribution in [0.3, 0.4) is 0 Å². The third-order valence-corrected chi connectivity index (χ3v) is 5.26. The predicted molar refractivity (Wildman–Crippen MR) is 144 cm³/mol. The monoisotopic (exact) mass is 649 g/mol. The summed E-state index contributed by atoms with van der Waals surface area (Å²) >= 11 is 1.22. The Bertz CT molecular complexity index is 1820. The van der Waals surface area contributed by atoms with Crippen LogP contribution in [0.5, 0.6) is 0 Å². The van der Waals surface area contributed by atoms with Gasteiger partial charge in [-0.05, 0) is 41.1 Å². The van der Waals surface area contributed by atoms with Crippen molar-refractivity contribution in [3.63, 3.8) is 0 Å². The number of hydrogen-bond donors (Lipinski definition) is 0. The molecule has 170 valence electrons. The van der Waals surface area contributed by atoms with Crippen LogP contribution < -0.4 is 0 Å². The van der Waals surface area contributed by atoms with E-state index in [1.54, 1.807) is 18.2 Å². The Morgan fingerprint density at radius 2 is 2.09 bits per heavy atom. The second-order valence-corrected chi connectivity index (χ2v) is 7.36. The van der Waals surface area contributed by atoms with Crippen molar-refractivity contribution < 1.29 is 33.8 Å². The third kappa shape index (κ3) is 6.64. The zero-order valence-electron chi connectivity index (χ0n) is 27.8. The number of benzene rings is 1. The molecular weight excluding hydrogens is 615 g/mol. The van der Waals surface area contributed by atoms with Crippen molar-refractivity contribution in [3.05, 3.63) is 133 Å². The number of nitrogens with zero attached hydrogens (tertiary/aromatic N) is 3. The van der Waals surface area contributed by atoms with Gasteiger partial charge >= 0.3 is 20.1 Å². The summed E-state index contributed by atoms with van der Waals surface area (Å²) in [6.07, 6.45) is 7.99. The van der Waals surface area contributed by atoms with Crippen molar-refractivity contribution >= 4 is 42.9 Å². The van der Waals surface area contributed by atoms with Crippen molar-refractivity contribution in [1.82, 2.24) is 9.97 Å². The normalized spacial score (nSPS) is 16.2. The van der Waals surface area contributed by atoms with Crippen LogP contribution in [0.4, 0.5) is 0 Å². The SMILES string of the molecule is [2H]/C(C=C)=C(\[2H])C(=[N-])c1[c-]ccc2c1sc1nc(C([2H])([2H])[2H])ccc12.[2H]c1c(C([2H])([2H])[2H])cnc(C(=C)[C-]=CC=C)c1[2H].[Ir+3]. The summed E-state index contributed by atoms with van der Waals surface area (Å²) in [5, 5.41) is 11.9. The molecule has 0 amide bonds. The topological polar surface area (TPSA) is 48.1 Å². The fourth-order valence-electron chi connectivity index (χ4n) is 2.68. The first-order valence-electron chi connectivity index (χ1n) is 14.5. The van der Waals surface area contributed by atoms with Crippen molar-refractivity contribution in [2.24, 2.45) is 0 Å². The Balaban J connectivity index is 0.000000317. The zero-order valence-corrected chi connectivity index (χ0v) is 21.0. The van der Waals surface area contributed by atoms with E-state index in [0.717, 1.165) is 17.0 Å². The van der Waals surface area contributed by atoms with Gasteiger partial charge in [0.2, 0.25) is 0 Å². The van der Waals surface area contributed by atoms with Gasteiger partial charge in [0.15, 0.2) is 0 Å². The van der Waals surface area contributed by atoms with Crippen molar-refractivity contribution in [1.29, 1.82) is 0 Å². The van der Waals surface area contributed by atoms with Gasteiger partial charge in [0.1, 0.15) is 4.83 Å². The smallest absolute Gasteiger partial charge is 0.855 e. The van der Waals surface area contributed by atoms with Gasteiger partial charge in [0, 0.05) is 21.5 Å². The van der Waals surface area contributed by atoms with Crippen molar-refractivity contribution in [2.75, 3.05) is 0 Å². The number of aryl methyl sites for hydroxylation is 2. The van der Waals surface area contributed by atoms with E-state index in [9.17, 15) is 5.41 Å². The fraction of sp³-hybridized carbons (Fsp3) is 0.0690. The van der Waals surface area contributed by atoms with Crippen LogP contribution in [-0.2, 0) is 20.1 Å². The van der Waals surface area contributed by atoms with E-state index in [1.807, 2.05) is 0 Å². The molecule has 3 aromatic heterocycles. The second-order valence-electron chi connectivity index (χ2n) is 6.36. The molecule has 5 heteroatoms. The quantitative estimate of drug-likeness (QED) is 0.123. The third-order valence-electron chi connectivity index (χ3n) is 4.13. The van der Waals surface area contributed by atoms with Gasteiger partial charge in [-0.3, -0.25) is 0 Å². The van der Waals surface area contributed by atoms with Gasteiger partial charge in [0.05, 0.1) is 4.11 Å². The van der Waals surface area contributed by atoms with Gasteiger partial charge in [-0.15, -0.1) is 54.6 Å². The Labute approximate surface area is 232 Å². The minimum absolute atomic E-state index is 0. The predicted octanol–water partition coefficient (Wildman–Crippen LogP) is 7.60. The van der Waals surface area contributed by atoms with E-state index in [1.165, 1.54) is 35.6 Å². The molecule has 0 unspecified atom stereocenters. The molecule has 0 aliphatic carbocycles. The van der Waals surface area contributed by atoms with Crippen LogP contribution in [0.15, 0.2) is 92.6 Å². The molecule has 0 spiro atoms. The minimum atomic E-state index is -2.44. The van der Waals surface area contributed by atoms with Crippen LogP contribution in [-0.4, -0.2) is 15.7 Å². The van der Waals surface area contributed by atoms with E-state index in [0.29, 0.717) is 15.1 Å². The van der Waals surface area contributed by atoms with Crippen LogP contribution in [0.25, 0.3) is 31.3 Å². The van der Waals surface area contributed by atoms with Crippen LogP contribution in [0.2, 0.25) is 0 Å². The number of hydrogen-bond acceptors (Lipinski definition) is 3. The summed E-state index contributed by atoms with van der Waals surface area (Å²) in [6.45, 7) is 5.82. The maximum Gasteiger partial charge on any atom is 3.00 e. The number of thiophene rings is 1. The first-order valence-corrected chi connectivity index (χ1v) is 10.3. The molecule has 4 rings (SSSR count). The van der Waals surface area contributed by atoms with Crippen LogP contribution in [0, 0.1) is 25.8 Å². The average Bonchev–Trinajstić information content (AvgIpc) is 3.33. The number of rotatable bonds is 6. The standard InChI is InChI=1S/C17H12N2S.C12H12N.Ir/c1-3-4-8-15(18)14-7-5-6-12-13-10-9-11(2)19-17(13)20-16(12)14;1-4-5-6-11(3)12-8-7-10(2)9-13-12;/h3-6,8-10H,1H2,2H3;4-5,7-9H,1,3H2,2H3;/q-2;-1;+3/b8-4-;;/i2D3,4D,8D;2D3,7D,8D;. The summed E-state index contributed by atoms with van der Waals surface area (Å²) in [5.41, 5.74) is 0.130. The van der Waals surface area contributed by atoms with Crippen molar-refractivity contribution in [2.45, 2.75) is 13.7 Å². The molecule has 0 saturated heterocycles. The molecule has 0 atom stereocenters. The average molecular weight is 649 g/mol. The molecule has 0 fully saturated rings. The Hall–Kier alpha value is -3.24. The molecule has 0 saturated carbocycles. The summed E-state index contributed by atoms with van der Waals surface area (Å²) in [6, 6.07) is 8.28. The molecule has 0 N–H and O–H groups in total. The van der Waals surface area contributed by atoms with Crippen molar-refractivity contribution in [3.8, 4) is 0 Å². The molecule has 4 aromatic rings. The van der Waals surface area contributed by atoms with Crippen LogP contribution in [0.1, 0.15) is 36.2 Å². The summed E-state index contributed by atoms with van der Waals surface area (Å²) in [4.78, 5) is 8.62. The van der Waals surface area contributed by atoms with E-state index >= 15 is 0 Å². The molecule has 3 heterocycles. The van der Waals surface area contributed by atoms with E-state index < -0.39 is 13.7 Å². The largest absolute Gasteiger partial charge is 3.00 e. The fourth-order valence-corrected chi connectivity index (χ4v) is 3.85. The van der Waals surface area contributed by atoms with Gasteiger partial charge in [-0.2, -0.15) is 23.5 Å². The summed E-state index contributed by atoms with van der Waals surface area (Å²) in [7, 11) is 0. The number of pyridine rings is 2. The molecular formula is C29H24IrN3S. The summed E-state index contributed by atoms with van der Waals surface area (Å²) < 4.78 is 75.7. The molecule has 34 heavy (non-hydrogen) atoms.